The number of aryl methyl sites for hydroxylation is 2. The first kappa shape index (κ1) is 15.2. The van der Waals surface area contributed by atoms with Crippen molar-refractivity contribution >= 4 is 21.4 Å². The average molecular weight is 316 g/mol. The van der Waals surface area contributed by atoms with Gasteiger partial charge in [0.1, 0.15) is 10.6 Å². The minimum atomic E-state index is -3.66. The van der Waals surface area contributed by atoms with Gasteiger partial charge in [0.15, 0.2) is 5.76 Å². The Hall–Kier alpha value is -1.22. The first-order valence-electron chi connectivity index (χ1n) is 5.93. The van der Waals surface area contributed by atoms with Crippen LogP contribution in [0, 0.1) is 13.8 Å². The van der Waals surface area contributed by atoms with Crippen LogP contribution in [0.15, 0.2) is 26.2 Å². The van der Waals surface area contributed by atoms with Gasteiger partial charge in [-0.1, -0.05) is 5.16 Å². The lowest BCUT2D eigenvalue weighted by atomic mass is 10.2. The van der Waals surface area contributed by atoms with Gasteiger partial charge in [0.25, 0.3) is 0 Å². The Morgan fingerprint density at radius 2 is 2.25 bits per heavy atom. The van der Waals surface area contributed by atoms with E-state index < -0.39 is 10.0 Å². The summed E-state index contributed by atoms with van der Waals surface area (Å²) in [6, 6.07) is 1.91. The van der Waals surface area contributed by atoms with Crippen molar-refractivity contribution in [3.8, 4) is 0 Å². The predicted octanol–water partition coefficient (Wildman–Crippen LogP) is 2.02. The molecule has 8 heteroatoms. The summed E-state index contributed by atoms with van der Waals surface area (Å²) in [7, 11) is -2.11. The summed E-state index contributed by atoms with van der Waals surface area (Å²) in [5.74, 6) is 0.277. The topological polar surface area (TPSA) is 81.4 Å². The van der Waals surface area contributed by atoms with Gasteiger partial charge in [-0.2, -0.15) is 11.3 Å². The molecule has 0 amide bonds. The molecule has 2 aromatic heterocycles. The van der Waals surface area contributed by atoms with Crippen LogP contribution in [-0.4, -0.2) is 27.2 Å². The minimum absolute atomic E-state index is 0.0951. The standard InChI is InChI=1S/C12H16N2O4S2/c1-8-12(9(2)18-14-8)20(15,16)13-6-11(17-3)10-4-5-19-7-10/h4-5,7,11,13H,6H2,1-3H3. The molecule has 20 heavy (non-hydrogen) atoms. The summed E-state index contributed by atoms with van der Waals surface area (Å²) in [5.41, 5.74) is 1.29. The zero-order chi connectivity index (χ0) is 14.8. The maximum atomic E-state index is 12.3. The number of hydrogen-bond donors (Lipinski definition) is 1. The van der Waals surface area contributed by atoms with Gasteiger partial charge in [0, 0.05) is 13.7 Å². The number of sulfonamides is 1. The highest BCUT2D eigenvalue weighted by molar-refractivity contribution is 7.89. The molecule has 0 saturated heterocycles. The number of methoxy groups -OCH3 is 1. The van der Waals surface area contributed by atoms with Gasteiger partial charge in [-0.05, 0) is 36.2 Å². The molecular weight excluding hydrogens is 300 g/mol. The molecule has 110 valence electrons. The van der Waals surface area contributed by atoms with Gasteiger partial charge in [-0.3, -0.25) is 0 Å². The van der Waals surface area contributed by atoms with Crippen LogP contribution in [0.2, 0.25) is 0 Å². The second-order valence-electron chi connectivity index (χ2n) is 4.29. The van der Waals surface area contributed by atoms with Crippen LogP contribution >= 0.6 is 11.3 Å². The lowest BCUT2D eigenvalue weighted by Gasteiger charge is -2.15. The van der Waals surface area contributed by atoms with Crippen molar-refractivity contribution in [2.75, 3.05) is 13.7 Å². The summed E-state index contributed by atoms with van der Waals surface area (Å²) in [5, 5.41) is 7.51. The van der Waals surface area contributed by atoms with E-state index >= 15 is 0 Å². The molecule has 0 aliphatic heterocycles. The molecule has 1 N–H and O–H groups in total. The van der Waals surface area contributed by atoms with Crippen molar-refractivity contribution < 1.29 is 17.7 Å². The van der Waals surface area contributed by atoms with Gasteiger partial charge in [0.05, 0.1) is 6.10 Å². The van der Waals surface area contributed by atoms with E-state index in [9.17, 15) is 8.42 Å². The van der Waals surface area contributed by atoms with Crippen molar-refractivity contribution in [3.05, 3.63) is 33.8 Å². The summed E-state index contributed by atoms with van der Waals surface area (Å²) >= 11 is 1.54. The first-order chi connectivity index (χ1) is 9.45. The summed E-state index contributed by atoms with van der Waals surface area (Å²) in [4.78, 5) is 0.0951. The highest BCUT2D eigenvalue weighted by Crippen LogP contribution is 2.21. The summed E-state index contributed by atoms with van der Waals surface area (Å²) in [6.07, 6.45) is -0.323. The smallest absolute Gasteiger partial charge is 0.246 e. The Morgan fingerprint density at radius 3 is 2.75 bits per heavy atom. The van der Waals surface area contributed by atoms with Crippen LogP contribution in [-0.2, 0) is 14.8 Å². The monoisotopic (exact) mass is 316 g/mol. The molecule has 1 atom stereocenters. The molecule has 2 rings (SSSR count). The van der Waals surface area contributed by atoms with Crippen molar-refractivity contribution in [3.63, 3.8) is 0 Å². The van der Waals surface area contributed by atoms with Gasteiger partial charge >= 0.3 is 0 Å². The molecule has 0 bridgehead atoms. The van der Waals surface area contributed by atoms with Crippen molar-refractivity contribution in [1.82, 2.24) is 9.88 Å². The van der Waals surface area contributed by atoms with E-state index in [2.05, 4.69) is 9.88 Å². The zero-order valence-electron chi connectivity index (χ0n) is 11.4. The molecule has 0 aliphatic carbocycles. The largest absolute Gasteiger partial charge is 0.375 e. The Labute approximate surface area is 121 Å². The lowest BCUT2D eigenvalue weighted by molar-refractivity contribution is 0.107. The van der Waals surface area contributed by atoms with Gasteiger partial charge in [-0.15, -0.1) is 0 Å². The highest BCUT2D eigenvalue weighted by atomic mass is 32.2. The molecule has 1 unspecified atom stereocenters. The van der Waals surface area contributed by atoms with Gasteiger partial charge in [0.2, 0.25) is 10.0 Å². The third-order valence-electron chi connectivity index (χ3n) is 2.89. The molecule has 0 saturated carbocycles. The molecule has 0 spiro atoms. The van der Waals surface area contributed by atoms with E-state index in [0.717, 1.165) is 5.56 Å². The van der Waals surface area contributed by atoms with E-state index in [1.807, 2.05) is 16.8 Å². The van der Waals surface area contributed by atoms with E-state index in [0.29, 0.717) is 5.69 Å². The average Bonchev–Trinajstić information content (AvgIpc) is 3.01. The number of thiophene rings is 1. The molecule has 0 radical (unpaired) electrons. The van der Waals surface area contributed by atoms with E-state index in [-0.39, 0.29) is 23.3 Å². The number of rotatable bonds is 6. The van der Waals surface area contributed by atoms with Crippen molar-refractivity contribution in [2.24, 2.45) is 0 Å². The van der Waals surface area contributed by atoms with Crippen LogP contribution in [0.4, 0.5) is 0 Å². The van der Waals surface area contributed by atoms with Crippen LogP contribution in [0.1, 0.15) is 23.1 Å². The maximum Gasteiger partial charge on any atom is 0.246 e. The van der Waals surface area contributed by atoms with Crippen LogP contribution in [0.3, 0.4) is 0 Å². The third kappa shape index (κ3) is 3.09. The fraction of sp³-hybridized carbons (Fsp3) is 0.417. The molecule has 0 fully saturated rings. The Kier molecular flexibility index (Phi) is 4.59. The fourth-order valence-electron chi connectivity index (χ4n) is 1.91. The molecule has 2 heterocycles. The predicted molar refractivity (Wildman–Crippen MR) is 75.2 cm³/mol. The molecule has 0 aliphatic rings. The van der Waals surface area contributed by atoms with Gasteiger partial charge < -0.3 is 9.26 Å². The molecular formula is C12H16N2O4S2. The minimum Gasteiger partial charge on any atom is -0.375 e. The molecule has 2 aromatic rings. The Morgan fingerprint density at radius 1 is 1.50 bits per heavy atom. The van der Waals surface area contributed by atoms with Crippen molar-refractivity contribution in [2.45, 2.75) is 24.8 Å². The number of hydrogen-bond acceptors (Lipinski definition) is 6. The number of ether oxygens (including phenoxy) is 1. The Balaban J connectivity index is 2.14. The second kappa shape index (κ2) is 6.04. The summed E-state index contributed by atoms with van der Waals surface area (Å²) < 4.78 is 37.3. The number of nitrogens with one attached hydrogen (secondary N) is 1. The molecule has 0 aromatic carbocycles. The van der Waals surface area contributed by atoms with Crippen LogP contribution < -0.4 is 4.72 Å². The lowest BCUT2D eigenvalue weighted by Crippen LogP contribution is -2.29. The first-order valence-corrected chi connectivity index (χ1v) is 8.35. The number of aromatic nitrogens is 1. The maximum absolute atomic E-state index is 12.3. The number of nitrogens with zero attached hydrogens (tertiary/aromatic N) is 1. The normalized spacial score (nSPS) is 13.6. The second-order valence-corrected chi connectivity index (χ2v) is 6.77. The fourth-order valence-corrected chi connectivity index (χ4v) is 3.97. The SMILES string of the molecule is COC(CNS(=O)(=O)c1c(C)noc1C)c1ccsc1. The van der Waals surface area contributed by atoms with Crippen LogP contribution in [0.25, 0.3) is 0 Å². The van der Waals surface area contributed by atoms with Crippen LogP contribution in [0.5, 0.6) is 0 Å². The third-order valence-corrected chi connectivity index (χ3v) is 5.26. The van der Waals surface area contributed by atoms with E-state index in [4.69, 9.17) is 9.26 Å². The zero-order valence-corrected chi connectivity index (χ0v) is 13.0. The highest BCUT2D eigenvalue weighted by Gasteiger charge is 2.25. The summed E-state index contributed by atoms with van der Waals surface area (Å²) in [6.45, 7) is 3.32. The van der Waals surface area contributed by atoms with E-state index in [1.54, 1.807) is 21.0 Å². The Bertz CT molecular complexity index is 642. The molecule has 6 nitrogen and oxygen atoms in total. The van der Waals surface area contributed by atoms with Gasteiger partial charge in [-0.25, -0.2) is 13.1 Å². The quantitative estimate of drug-likeness (QED) is 0.881. The van der Waals surface area contributed by atoms with Crippen molar-refractivity contribution in [1.29, 1.82) is 0 Å². The van der Waals surface area contributed by atoms with E-state index in [1.165, 1.54) is 11.3 Å².